The molecule has 0 N–H and O–H groups in total. The van der Waals surface area contributed by atoms with Gasteiger partial charge >= 0.3 is 0 Å². The molecule has 13 heavy (non-hydrogen) atoms. The van der Waals surface area contributed by atoms with E-state index in [1.54, 1.807) is 12.1 Å². The summed E-state index contributed by atoms with van der Waals surface area (Å²) in [4.78, 5) is 1.27. The first kappa shape index (κ1) is 9.77. The molecule has 1 aromatic rings. The fraction of sp³-hybridized carbons (Fsp3) is 0.400. The van der Waals surface area contributed by atoms with Gasteiger partial charge in [-0.1, -0.05) is 22.6 Å². The molecule has 70 valence electrons. The van der Waals surface area contributed by atoms with E-state index >= 15 is 0 Å². The molecule has 3 heteroatoms. The van der Waals surface area contributed by atoms with E-state index in [0.29, 0.717) is 0 Å². The van der Waals surface area contributed by atoms with Crippen LogP contribution in [0.1, 0.15) is 5.56 Å². The maximum absolute atomic E-state index is 12.9. The molecule has 0 amide bonds. The molecule has 0 nitrogen and oxygen atoms in total. The van der Waals surface area contributed by atoms with Crippen LogP contribution in [0.15, 0.2) is 23.1 Å². The van der Waals surface area contributed by atoms with E-state index in [1.165, 1.54) is 20.6 Å². The Morgan fingerprint density at radius 1 is 1.54 bits per heavy atom. The number of alkyl halides is 1. The summed E-state index contributed by atoms with van der Waals surface area (Å²) in [5.41, 5.74) is 1.19. The summed E-state index contributed by atoms with van der Waals surface area (Å²) in [5.74, 6) is 1.80. The van der Waals surface area contributed by atoms with Crippen LogP contribution in [0.5, 0.6) is 0 Å². The second-order valence-electron chi connectivity index (χ2n) is 3.29. The molecule has 0 aromatic heterocycles. The predicted molar refractivity (Wildman–Crippen MR) is 63.2 cm³/mol. The smallest absolute Gasteiger partial charge is 0.123 e. The molecule has 2 rings (SSSR count). The highest BCUT2D eigenvalue weighted by Crippen LogP contribution is 2.33. The van der Waals surface area contributed by atoms with Crippen molar-refractivity contribution in [2.24, 2.45) is 5.92 Å². The van der Waals surface area contributed by atoms with Crippen molar-refractivity contribution < 1.29 is 4.39 Å². The van der Waals surface area contributed by atoms with Crippen LogP contribution in [-0.2, 0) is 6.42 Å². The van der Waals surface area contributed by atoms with Crippen molar-refractivity contribution in [2.45, 2.75) is 11.3 Å². The van der Waals surface area contributed by atoms with Gasteiger partial charge in [0.2, 0.25) is 0 Å². The topological polar surface area (TPSA) is 0 Å². The number of rotatable bonds is 1. The summed E-state index contributed by atoms with van der Waals surface area (Å²) in [6, 6.07) is 5.13. The Hall–Kier alpha value is 0.230. The summed E-state index contributed by atoms with van der Waals surface area (Å²) in [5, 5.41) is 0. The predicted octanol–water partition coefficient (Wildman–Crippen LogP) is 3.53. The van der Waals surface area contributed by atoms with E-state index < -0.39 is 0 Å². The first-order valence-electron chi connectivity index (χ1n) is 4.27. The molecule has 1 atom stereocenters. The lowest BCUT2D eigenvalue weighted by atomic mass is 10.0. The van der Waals surface area contributed by atoms with Gasteiger partial charge in [0.1, 0.15) is 5.82 Å². The van der Waals surface area contributed by atoms with Crippen molar-refractivity contribution in [3.8, 4) is 0 Å². The van der Waals surface area contributed by atoms with Gasteiger partial charge in [-0.05, 0) is 36.1 Å². The zero-order valence-corrected chi connectivity index (χ0v) is 10.1. The van der Waals surface area contributed by atoms with E-state index in [-0.39, 0.29) is 5.82 Å². The first-order valence-corrected chi connectivity index (χ1v) is 6.78. The van der Waals surface area contributed by atoms with Gasteiger partial charge in [-0.3, -0.25) is 0 Å². The third-order valence-corrected chi connectivity index (χ3v) is 4.82. The molecule has 0 spiro atoms. The lowest BCUT2D eigenvalue weighted by Gasteiger charge is -2.22. The number of halogens is 2. The lowest BCUT2D eigenvalue weighted by Crippen LogP contribution is -2.14. The monoisotopic (exact) mass is 308 g/mol. The van der Waals surface area contributed by atoms with Gasteiger partial charge in [0.15, 0.2) is 0 Å². The van der Waals surface area contributed by atoms with Crippen molar-refractivity contribution >= 4 is 34.4 Å². The average molecular weight is 308 g/mol. The van der Waals surface area contributed by atoms with E-state index in [4.69, 9.17) is 0 Å². The van der Waals surface area contributed by atoms with Gasteiger partial charge in [0.05, 0.1) is 0 Å². The van der Waals surface area contributed by atoms with Gasteiger partial charge in [0, 0.05) is 15.1 Å². The van der Waals surface area contributed by atoms with Gasteiger partial charge in [0.25, 0.3) is 0 Å². The third-order valence-electron chi connectivity index (χ3n) is 2.22. The Morgan fingerprint density at radius 2 is 2.38 bits per heavy atom. The molecular weight excluding hydrogens is 298 g/mol. The SMILES string of the molecule is Fc1ccc2c(c1)CC(CI)CS2. The Kier molecular flexibility index (Phi) is 3.14. The third kappa shape index (κ3) is 2.18. The van der Waals surface area contributed by atoms with Crippen LogP contribution >= 0.6 is 34.4 Å². The Bertz CT molecular complexity index is 314. The fourth-order valence-electron chi connectivity index (χ4n) is 1.53. The molecule has 1 aromatic carbocycles. The molecular formula is C10H10FIS. The molecule has 1 heterocycles. The minimum atomic E-state index is -0.103. The average Bonchev–Trinajstić information content (AvgIpc) is 2.16. The van der Waals surface area contributed by atoms with Crippen molar-refractivity contribution in [2.75, 3.05) is 10.2 Å². The largest absolute Gasteiger partial charge is 0.207 e. The molecule has 0 aliphatic carbocycles. The van der Waals surface area contributed by atoms with Crippen LogP contribution in [0.25, 0.3) is 0 Å². The summed E-state index contributed by atoms with van der Waals surface area (Å²) >= 11 is 4.27. The van der Waals surface area contributed by atoms with Crippen LogP contribution in [-0.4, -0.2) is 10.2 Å². The zero-order valence-electron chi connectivity index (χ0n) is 7.09. The molecule has 1 unspecified atom stereocenters. The molecule has 0 radical (unpaired) electrons. The highest BCUT2D eigenvalue weighted by atomic mass is 127. The van der Waals surface area contributed by atoms with Gasteiger partial charge in [-0.15, -0.1) is 11.8 Å². The van der Waals surface area contributed by atoms with Gasteiger partial charge in [-0.2, -0.15) is 0 Å². The Labute approximate surface area is 95.4 Å². The normalized spacial score (nSPS) is 21.2. The summed E-state index contributed by atoms with van der Waals surface area (Å²) in [7, 11) is 0. The summed E-state index contributed by atoms with van der Waals surface area (Å²) in [6.07, 6.45) is 1.04. The molecule has 0 bridgehead atoms. The number of benzene rings is 1. The van der Waals surface area contributed by atoms with Crippen molar-refractivity contribution in [1.82, 2.24) is 0 Å². The van der Waals surface area contributed by atoms with Gasteiger partial charge in [-0.25, -0.2) is 4.39 Å². The van der Waals surface area contributed by atoms with E-state index in [0.717, 1.165) is 12.3 Å². The highest BCUT2D eigenvalue weighted by Gasteiger charge is 2.18. The standard InChI is InChI=1S/C10H10FIS/c11-9-1-2-10-8(4-9)3-7(5-12)6-13-10/h1-2,4,7H,3,5-6H2. The first-order chi connectivity index (χ1) is 6.29. The van der Waals surface area contributed by atoms with Crippen LogP contribution in [0, 0.1) is 11.7 Å². The van der Waals surface area contributed by atoms with Crippen molar-refractivity contribution in [1.29, 1.82) is 0 Å². The minimum Gasteiger partial charge on any atom is -0.207 e. The lowest BCUT2D eigenvalue weighted by molar-refractivity contribution is 0.610. The van der Waals surface area contributed by atoms with Crippen molar-refractivity contribution in [3.05, 3.63) is 29.6 Å². The molecule has 1 aliphatic rings. The van der Waals surface area contributed by atoms with E-state index in [1.807, 2.05) is 17.8 Å². The quantitative estimate of drug-likeness (QED) is 0.565. The molecule has 0 fully saturated rings. The minimum absolute atomic E-state index is 0.103. The fourth-order valence-corrected chi connectivity index (χ4v) is 3.71. The maximum Gasteiger partial charge on any atom is 0.123 e. The highest BCUT2D eigenvalue weighted by molar-refractivity contribution is 14.1. The second-order valence-corrected chi connectivity index (χ2v) is 5.23. The number of thioether (sulfide) groups is 1. The number of fused-ring (bicyclic) bond motifs is 1. The van der Waals surface area contributed by atoms with Crippen LogP contribution in [0.4, 0.5) is 4.39 Å². The van der Waals surface area contributed by atoms with Crippen LogP contribution in [0.2, 0.25) is 0 Å². The summed E-state index contributed by atoms with van der Waals surface area (Å²) < 4.78 is 14.1. The Morgan fingerprint density at radius 3 is 3.15 bits per heavy atom. The Balaban J connectivity index is 2.27. The van der Waals surface area contributed by atoms with Crippen LogP contribution < -0.4 is 0 Å². The van der Waals surface area contributed by atoms with Gasteiger partial charge < -0.3 is 0 Å². The number of hydrogen-bond donors (Lipinski definition) is 0. The molecule has 0 saturated carbocycles. The number of hydrogen-bond acceptors (Lipinski definition) is 1. The molecule has 0 saturated heterocycles. The van der Waals surface area contributed by atoms with Crippen molar-refractivity contribution in [3.63, 3.8) is 0 Å². The van der Waals surface area contributed by atoms with Crippen LogP contribution in [0.3, 0.4) is 0 Å². The van der Waals surface area contributed by atoms with E-state index in [9.17, 15) is 4.39 Å². The molecule has 1 aliphatic heterocycles. The summed E-state index contributed by atoms with van der Waals surface area (Å²) in [6.45, 7) is 0. The second kappa shape index (κ2) is 4.17. The van der Waals surface area contributed by atoms with E-state index in [2.05, 4.69) is 22.6 Å². The zero-order chi connectivity index (χ0) is 9.26. The maximum atomic E-state index is 12.9.